The Bertz CT molecular complexity index is 446. The van der Waals surface area contributed by atoms with E-state index in [0.717, 1.165) is 20.8 Å². The summed E-state index contributed by atoms with van der Waals surface area (Å²) in [7, 11) is 0. The van der Waals surface area contributed by atoms with E-state index >= 15 is 0 Å². The number of aromatic nitrogens is 3. The van der Waals surface area contributed by atoms with Crippen LogP contribution < -0.4 is 5.32 Å². The Morgan fingerprint density at radius 2 is 2.38 bits per heavy atom. The molecule has 2 heterocycles. The fourth-order valence-electron chi connectivity index (χ4n) is 1.33. The number of nitrogens with one attached hydrogen (secondary N) is 1. The number of hydrogen-bond donors (Lipinski definition) is 1. The maximum atomic E-state index is 4.32. The summed E-state index contributed by atoms with van der Waals surface area (Å²) in [4.78, 5) is 12.5. The Hall–Kier alpha value is -0.760. The van der Waals surface area contributed by atoms with Gasteiger partial charge in [0.1, 0.15) is 17.2 Å². The monoisotopic (exact) mass is 346 g/mol. The molecule has 4 nitrogen and oxygen atoms in total. The minimum atomic E-state index is 0.225. The molecule has 6 heteroatoms. The van der Waals surface area contributed by atoms with Crippen LogP contribution in [0.25, 0.3) is 0 Å². The molecule has 84 valence electrons. The van der Waals surface area contributed by atoms with Gasteiger partial charge in [-0.25, -0.2) is 15.0 Å². The summed E-state index contributed by atoms with van der Waals surface area (Å²) < 4.78 is 1.02. The van der Waals surface area contributed by atoms with Gasteiger partial charge in [0.05, 0.1) is 9.61 Å². The van der Waals surface area contributed by atoms with Crippen molar-refractivity contribution in [3.8, 4) is 0 Å². The molecule has 0 saturated carbocycles. The molecular weight excluding hydrogens is 335 g/mol. The van der Waals surface area contributed by atoms with Crippen LogP contribution in [-0.2, 0) is 0 Å². The van der Waals surface area contributed by atoms with Crippen molar-refractivity contribution in [1.29, 1.82) is 0 Å². The molecule has 16 heavy (non-hydrogen) atoms. The van der Waals surface area contributed by atoms with E-state index in [9.17, 15) is 0 Å². The van der Waals surface area contributed by atoms with Crippen molar-refractivity contribution in [2.75, 3.05) is 5.32 Å². The van der Waals surface area contributed by atoms with E-state index in [1.54, 1.807) is 23.9 Å². The largest absolute Gasteiger partial charge is 0.360 e. The summed E-state index contributed by atoms with van der Waals surface area (Å²) in [5, 5.41) is 6.47. The van der Waals surface area contributed by atoms with Crippen LogP contribution >= 0.6 is 33.9 Å². The number of nitrogens with zero attached hydrogens (tertiary/aromatic N) is 3. The third-order valence-corrected chi connectivity index (χ3v) is 3.81. The fraction of sp³-hybridized carbons (Fsp3) is 0.300. The average Bonchev–Trinajstić information content (AvgIpc) is 2.81. The lowest BCUT2D eigenvalue weighted by atomic mass is 10.2. The predicted octanol–water partition coefficient (Wildman–Crippen LogP) is 3.10. The lowest BCUT2D eigenvalue weighted by Crippen LogP contribution is -2.11. The third kappa shape index (κ3) is 2.67. The smallest absolute Gasteiger partial charge is 0.143 e. The van der Waals surface area contributed by atoms with Crippen LogP contribution in [0.15, 0.2) is 24.1 Å². The van der Waals surface area contributed by atoms with Crippen molar-refractivity contribution in [2.24, 2.45) is 0 Å². The number of hydrogen-bond acceptors (Lipinski definition) is 5. The quantitative estimate of drug-likeness (QED) is 0.865. The van der Waals surface area contributed by atoms with Crippen LogP contribution in [0.2, 0.25) is 0 Å². The van der Waals surface area contributed by atoms with Gasteiger partial charge in [0.25, 0.3) is 0 Å². The number of anilines is 1. The second-order valence-electron chi connectivity index (χ2n) is 3.19. The molecular formula is C10H11IN4S. The summed E-state index contributed by atoms with van der Waals surface area (Å²) in [5.41, 5.74) is 0. The molecule has 0 aromatic carbocycles. The van der Waals surface area contributed by atoms with Crippen molar-refractivity contribution in [3.63, 3.8) is 0 Å². The highest BCUT2D eigenvalue weighted by Crippen LogP contribution is 2.24. The molecule has 2 aromatic heterocycles. The first-order valence-corrected chi connectivity index (χ1v) is 6.88. The molecule has 1 unspecified atom stereocenters. The Morgan fingerprint density at radius 1 is 1.50 bits per heavy atom. The van der Waals surface area contributed by atoms with Crippen molar-refractivity contribution in [1.82, 2.24) is 15.0 Å². The van der Waals surface area contributed by atoms with Gasteiger partial charge >= 0.3 is 0 Å². The zero-order valence-electron chi connectivity index (χ0n) is 8.72. The van der Waals surface area contributed by atoms with E-state index in [1.807, 2.05) is 11.6 Å². The lowest BCUT2D eigenvalue weighted by Gasteiger charge is -2.15. The first-order chi connectivity index (χ1) is 7.81. The van der Waals surface area contributed by atoms with Gasteiger partial charge in [-0.1, -0.05) is 6.92 Å². The minimum absolute atomic E-state index is 0.225. The van der Waals surface area contributed by atoms with Gasteiger partial charge in [0.15, 0.2) is 0 Å². The van der Waals surface area contributed by atoms with Gasteiger partial charge in [0, 0.05) is 17.8 Å². The number of halogens is 1. The van der Waals surface area contributed by atoms with E-state index in [4.69, 9.17) is 0 Å². The lowest BCUT2D eigenvalue weighted by molar-refractivity contribution is 0.736. The normalized spacial score (nSPS) is 12.4. The third-order valence-electron chi connectivity index (χ3n) is 2.14. The molecule has 0 amide bonds. The van der Waals surface area contributed by atoms with Gasteiger partial charge in [-0.2, -0.15) is 0 Å². The Labute approximate surface area is 112 Å². The summed E-state index contributed by atoms with van der Waals surface area (Å²) in [6.07, 6.45) is 6.16. The molecule has 0 bridgehead atoms. The fourth-order valence-corrected chi connectivity index (χ4v) is 2.56. The van der Waals surface area contributed by atoms with Crippen molar-refractivity contribution >= 4 is 39.7 Å². The van der Waals surface area contributed by atoms with E-state index in [1.165, 1.54) is 0 Å². The molecule has 0 radical (unpaired) electrons. The standard InChI is InChI=1S/C10H11IN4S/c1-2-8(10-13-3-4-16-10)15-9-7(11)5-12-6-14-9/h3-6,8H,2H2,1H3,(H,12,14,15). The van der Waals surface area contributed by atoms with E-state index in [-0.39, 0.29) is 6.04 Å². The maximum Gasteiger partial charge on any atom is 0.143 e. The van der Waals surface area contributed by atoms with Crippen LogP contribution in [-0.4, -0.2) is 15.0 Å². The van der Waals surface area contributed by atoms with Crippen LogP contribution in [0.1, 0.15) is 24.4 Å². The minimum Gasteiger partial charge on any atom is -0.360 e. The molecule has 2 aromatic rings. The van der Waals surface area contributed by atoms with E-state index < -0.39 is 0 Å². The highest BCUT2D eigenvalue weighted by atomic mass is 127. The summed E-state index contributed by atoms with van der Waals surface area (Å²) in [5.74, 6) is 0.873. The predicted molar refractivity (Wildman–Crippen MR) is 73.5 cm³/mol. The Balaban J connectivity index is 2.17. The van der Waals surface area contributed by atoms with Crippen LogP contribution in [0.4, 0.5) is 5.82 Å². The molecule has 2 rings (SSSR count). The number of thiazole rings is 1. The van der Waals surface area contributed by atoms with Gasteiger partial charge in [-0.05, 0) is 29.0 Å². The molecule has 1 N–H and O–H groups in total. The van der Waals surface area contributed by atoms with Crippen molar-refractivity contribution in [2.45, 2.75) is 19.4 Å². The summed E-state index contributed by atoms with van der Waals surface area (Å²) in [6, 6.07) is 0.225. The highest BCUT2D eigenvalue weighted by Gasteiger charge is 2.13. The average molecular weight is 346 g/mol. The van der Waals surface area contributed by atoms with Crippen molar-refractivity contribution in [3.05, 3.63) is 32.7 Å². The van der Waals surface area contributed by atoms with Gasteiger partial charge in [-0.15, -0.1) is 11.3 Å². The second-order valence-corrected chi connectivity index (χ2v) is 5.28. The summed E-state index contributed by atoms with van der Waals surface area (Å²) in [6.45, 7) is 2.13. The molecule has 0 aliphatic rings. The molecule has 0 aliphatic carbocycles. The van der Waals surface area contributed by atoms with E-state index in [0.29, 0.717) is 0 Å². The van der Waals surface area contributed by atoms with Gasteiger partial charge in [-0.3, -0.25) is 0 Å². The zero-order valence-corrected chi connectivity index (χ0v) is 11.7. The molecule has 0 spiro atoms. The first-order valence-electron chi connectivity index (χ1n) is 4.92. The highest BCUT2D eigenvalue weighted by molar-refractivity contribution is 14.1. The van der Waals surface area contributed by atoms with Gasteiger partial charge < -0.3 is 5.32 Å². The Morgan fingerprint density at radius 3 is 3.00 bits per heavy atom. The number of rotatable bonds is 4. The van der Waals surface area contributed by atoms with Gasteiger partial charge in [0.2, 0.25) is 0 Å². The van der Waals surface area contributed by atoms with Crippen molar-refractivity contribution < 1.29 is 0 Å². The summed E-state index contributed by atoms with van der Waals surface area (Å²) >= 11 is 3.88. The molecule has 0 saturated heterocycles. The second kappa shape index (κ2) is 5.53. The SMILES string of the molecule is CCC(Nc1ncncc1I)c1nccs1. The topological polar surface area (TPSA) is 50.7 Å². The maximum absolute atomic E-state index is 4.32. The molecule has 0 fully saturated rings. The Kier molecular flexibility index (Phi) is 4.05. The van der Waals surface area contributed by atoms with E-state index in [2.05, 4.69) is 49.8 Å². The molecule has 1 atom stereocenters. The van der Waals surface area contributed by atoms with Crippen LogP contribution in [0.5, 0.6) is 0 Å². The first kappa shape index (κ1) is 11.7. The van der Waals surface area contributed by atoms with Crippen LogP contribution in [0.3, 0.4) is 0 Å². The van der Waals surface area contributed by atoms with Crippen LogP contribution in [0, 0.1) is 3.57 Å². The molecule has 0 aliphatic heterocycles. The zero-order chi connectivity index (χ0) is 11.4.